The van der Waals surface area contributed by atoms with Gasteiger partial charge in [-0.2, -0.15) is 0 Å². The molecule has 0 atom stereocenters. The third-order valence-corrected chi connectivity index (χ3v) is 4.78. The number of nitrogens with zero attached hydrogens (tertiary/aromatic N) is 1. The van der Waals surface area contributed by atoms with E-state index in [0.29, 0.717) is 11.8 Å². The van der Waals surface area contributed by atoms with E-state index < -0.39 is 0 Å². The molecule has 0 saturated heterocycles. The van der Waals surface area contributed by atoms with E-state index in [9.17, 15) is 9.90 Å². The molecule has 17 heavy (non-hydrogen) atoms. The number of aliphatic hydroxyl groups is 1. The van der Waals surface area contributed by atoms with Gasteiger partial charge >= 0.3 is 0 Å². The van der Waals surface area contributed by atoms with E-state index in [4.69, 9.17) is 0 Å². The second kappa shape index (κ2) is 4.97. The lowest BCUT2D eigenvalue weighted by Crippen LogP contribution is -2.45. The summed E-state index contributed by atoms with van der Waals surface area (Å²) in [5.74, 6) is 0.869. The Labute approximate surface area is 104 Å². The monoisotopic (exact) mass is 239 g/mol. The van der Waals surface area contributed by atoms with E-state index >= 15 is 0 Å². The van der Waals surface area contributed by atoms with Crippen LogP contribution in [0.2, 0.25) is 0 Å². The first kappa shape index (κ1) is 12.9. The van der Waals surface area contributed by atoms with Gasteiger partial charge in [0.25, 0.3) is 0 Å². The number of carbonyl (C=O) groups excluding carboxylic acids is 1. The Bertz CT molecular complexity index is 278. The minimum absolute atomic E-state index is 0.0584. The van der Waals surface area contributed by atoms with Crippen molar-refractivity contribution in [3.8, 4) is 0 Å². The van der Waals surface area contributed by atoms with Crippen LogP contribution in [0.25, 0.3) is 0 Å². The number of amides is 1. The van der Waals surface area contributed by atoms with Crippen molar-refractivity contribution in [3.05, 3.63) is 0 Å². The summed E-state index contributed by atoms with van der Waals surface area (Å²) < 4.78 is 0. The molecule has 2 fully saturated rings. The van der Waals surface area contributed by atoms with Crippen molar-refractivity contribution < 1.29 is 9.90 Å². The van der Waals surface area contributed by atoms with E-state index in [-0.39, 0.29) is 11.5 Å². The van der Waals surface area contributed by atoms with Crippen molar-refractivity contribution in [3.63, 3.8) is 0 Å². The molecule has 0 aromatic heterocycles. The molecule has 0 spiro atoms. The maximum absolute atomic E-state index is 12.5. The summed E-state index contributed by atoms with van der Waals surface area (Å²) in [5, 5.41) is 9.27. The third-order valence-electron chi connectivity index (χ3n) is 4.78. The zero-order valence-electron chi connectivity index (χ0n) is 11.1. The maximum Gasteiger partial charge on any atom is 0.228 e. The van der Waals surface area contributed by atoms with Gasteiger partial charge in [-0.15, -0.1) is 0 Å². The Morgan fingerprint density at radius 1 is 1.35 bits per heavy atom. The third kappa shape index (κ3) is 2.49. The van der Waals surface area contributed by atoms with E-state index in [1.807, 2.05) is 11.9 Å². The molecule has 3 nitrogen and oxygen atoms in total. The number of hydrogen-bond acceptors (Lipinski definition) is 2. The van der Waals surface area contributed by atoms with E-state index in [0.717, 1.165) is 38.6 Å². The molecule has 0 heterocycles. The standard InChI is InChI=1S/C14H25NO2/c1-3-14(6-4-5-7-14)13(17)15(2)10-11-8-12(16)9-11/h11-12,16H,3-10H2,1-2H3. The van der Waals surface area contributed by atoms with Crippen LogP contribution >= 0.6 is 0 Å². The average molecular weight is 239 g/mol. The highest BCUT2D eigenvalue weighted by Gasteiger charge is 2.41. The van der Waals surface area contributed by atoms with Crippen LogP contribution in [0.1, 0.15) is 51.9 Å². The van der Waals surface area contributed by atoms with E-state index in [1.165, 1.54) is 12.8 Å². The Morgan fingerprint density at radius 2 is 1.94 bits per heavy atom. The molecule has 2 aliphatic carbocycles. The van der Waals surface area contributed by atoms with Crippen molar-refractivity contribution in [2.45, 2.75) is 58.0 Å². The van der Waals surface area contributed by atoms with Gasteiger partial charge in [-0.05, 0) is 38.0 Å². The highest BCUT2D eigenvalue weighted by molar-refractivity contribution is 5.82. The zero-order valence-corrected chi connectivity index (χ0v) is 11.1. The molecule has 1 N–H and O–H groups in total. The Kier molecular flexibility index (Phi) is 3.76. The molecular weight excluding hydrogens is 214 g/mol. The van der Waals surface area contributed by atoms with Crippen LogP contribution in [-0.4, -0.2) is 35.6 Å². The van der Waals surface area contributed by atoms with E-state index in [1.54, 1.807) is 0 Å². The van der Waals surface area contributed by atoms with Crippen LogP contribution in [0.3, 0.4) is 0 Å². The summed E-state index contributed by atoms with van der Waals surface area (Å²) in [4.78, 5) is 14.4. The van der Waals surface area contributed by atoms with Crippen LogP contribution in [0.4, 0.5) is 0 Å². The minimum Gasteiger partial charge on any atom is -0.393 e. The highest BCUT2D eigenvalue weighted by atomic mass is 16.3. The highest BCUT2D eigenvalue weighted by Crippen LogP contribution is 2.42. The van der Waals surface area contributed by atoms with Gasteiger partial charge in [-0.1, -0.05) is 19.8 Å². The molecule has 0 bridgehead atoms. The molecule has 0 aromatic carbocycles. The molecule has 0 radical (unpaired) electrons. The van der Waals surface area contributed by atoms with Gasteiger partial charge in [-0.3, -0.25) is 4.79 Å². The van der Waals surface area contributed by atoms with Gasteiger partial charge in [0.05, 0.1) is 6.10 Å². The summed E-state index contributed by atoms with van der Waals surface area (Å²) >= 11 is 0. The van der Waals surface area contributed by atoms with Gasteiger partial charge < -0.3 is 10.0 Å². The largest absolute Gasteiger partial charge is 0.393 e. The fourth-order valence-electron chi connectivity index (χ4n) is 3.50. The molecule has 3 heteroatoms. The summed E-state index contributed by atoms with van der Waals surface area (Å²) in [5.41, 5.74) is -0.0584. The molecule has 98 valence electrons. The molecule has 2 saturated carbocycles. The lowest BCUT2D eigenvalue weighted by molar-refractivity contribution is -0.142. The first-order valence-corrected chi connectivity index (χ1v) is 7.01. The topological polar surface area (TPSA) is 40.5 Å². The van der Waals surface area contributed by atoms with Crippen LogP contribution in [0.15, 0.2) is 0 Å². The summed E-state index contributed by atoms with van der Waals surface area (Å²) in [6.45, 7) is 2.97. The predicted molar refractivity (Wildman–Crippen MR) is 67.6 cm³/mol. The quantitative estimate of drug-likeness (QED) is 0.817. The molecule has 0 aliphatic heterocycles. The molecule has 0 aromatic rings. The van der Waals surface area contributed by atoms with Gasteiger partial charge in [0.1, 0.15) is 0 Å². The molecule has 2 aliphatic rings. The second-order valence-electron chi connectivity index (χ2n) is 6.02. The zero-order chi connectivity index (χ0) is 12.5. The second-order valence-corrected chi connectivity index (χ2v) is 6.02. The summed E-state index contributed by atoms with van der Waals surface area (Å²) in [6, 6.07) is 0. The Balaban J connectivity index is 1.89. The first-order valence-electron chi connectivity index (χ1n) is 7.01. The van der Waals surface area contributed by atoms with E-state index in [2.05, 4.69) is 6.92 Å². The van der Waals surface area contributed by atoms with Crippen molar-refractivity contribution in [2.24, 2.45) is 11.3 Å². The van der Waals surface area contributed by atoms with Crippen LogP contribution in [0, 0.1) is 11.3 Å². The van der Waals surface area contributed by atoms with Crippen molar-refractivity contribution >= 4 is 5.91 Å². The normalized spacial score (nSPS) is 31.0. The lowest BCUT2D eigenvalue weighted by atomic mass is 9.79. The Morgan fingerprint density at radius 3 is 2.41 bits per heavy atom. The van der Waals surface area contributed by atoms with Crippen LogP contribution in [-0.2, 0) is 4.79 Å². The maximum atomic E-state index is 12.5. The number of aliphatic hydroxyl groups excluding tert-OH is 1. The van der Waals surface area contributed by atoms with Crippen molar-refractivity contribution in [2.75, 3.05) is 13.6 Å². The SMILES string of the molecule is CCC1(C(=O)N(C)CC2CC(O)C2)CCCC1. The molecule has 0 unspecified atom stereocenters. The smallest absolute Gasteiger partial charge is 0.228 e. The van der Waals surface area contributed by atoms with Gasteiger partial charge in [-0.25, -0.2) is 0 Å². The Hall–Kier alpha value is -0.570. The lowest BCUT2D eigenvalue weighted by Gasteiger charge is -2.37. The summed E-state index contributed by atoms with van der Waals surface area (Å²) in [7, 11) is 1.93. The van der Waals surface area contributed by atoms with Gasteiger partial charge in [0.2, 0.25) is 5.91 Å². The van der Waals surface area contributed by atoms with Gasteiger partial charge in [0, 0.05) is 19.0 Å². The molecular formula is C14H25NO2. The van der Waals surface area contributed by atoms with Crippen molar-refractivity contribution in [1.82, 2.24) is 4.90 Å². The van der Waals surface area contributed by atoms with Crippen LogP contribution < -0.4 is 0 Å². The number of rotatable bonds is 4. The van der Waals surface area contributed by atoms with Gasteiger partial charge in [0.15, 0.2) is 0 Å². The number of carbonyl (C=O) groups is 1. The predicted octanol–water partition coefficient (Wildman–Crippen LogP) is 2.19. The number of hydrogen-bond donors (Lipinski definition) is 1. The van der Waals surface area contributed by atoms with Crippen molar-refractivity contribution in [1.29, 1.82) is 0 Å². The minimum atomic E-state index is -0.116. The summed E-state index contributed by atoms with van der Waals surface area (Å²) in [6.07, 6.45) is 7.15. The van der Waals surface area contributed by atoms with Crippen LogP contribution in [0.5, 0.6) is 0 Å². The fourth-order valence-corrected chi connectivity index (χ4v) is 3.50. The average Bonchev–Trinajstić information content (AvgIpc) is 2.75. The molecule has 2 rings (SSSR count). The fraction of sp³-hybridized carbons (Fsp3) is 0.929. The first-order chi connectivity index (χ1) is 8.07. The molecule has 1 amide bonds.